The Morgan fingerprint density at radius 1 is 1.44 bits per heavy atom. The highest BCUT2D eigenvalue weighted by Gasteiger charge is 2.14. The van der Waals surface area contributed by atoms with Crippen LogP contribution in [0.2, 0.25) is 0 Å². The average molecular weight is 221 g/mol. The molecule has 0 saturated heterocycles. The molecule has 0 amide bonds. The van der Waals surface area contributed by atoms with E-state index >= 15 is 0 Å². The van der Waals surface area contributed by atoms with Gasteiger partial charge in [0.25, 0.3) is 0 Å². The third-order valence-electron chi connectivity index (χ3n) is 2.93. The van der Waals surface area contributed by atoms with E-state index in [9.17, 15) is 5.11 Å². The Kier molecular flexibility index (Phi) is 3.46. The highest BCUT2D eigenvalue weighted by molar-refractivity contribution is 5.40. The molecule has 0 fully saturated rings. The molecule has 0 saturated carbocycles. The minimum Gasteiger partial charge on any atom is -0.493 e. The lowest BCUT2D eigenvalue weighted by Crippen LogP contribution is -2.27. The molecule has 1 aromatic rings. The first-order chi connectivity index (χ1) is 7.66. The number of ether oxygens (including phenoxy) is 1. The number of nitrogens with one attached hydrogen (secondary N) is 1. The molecule has 2 rings (SSSR count). The van der Waals surface area contributed by atoms with E-state index in [0.717, 1.165) is 18.8 Å². The molecule has 0 aromatic heterocycles. The van der Waals surface area contributed by atoms with Crippen molar-refractivity contribution in [3.63, 3.8) is 0 Å². The average Bonchev–Trinajstić information content (AvgIpc) is 2.72. The first kappa shape index (κ1) is 11.4. The molecule has 3 nitrogen and oxygen atoms in total. The van der Waals surface area contributed by atoms with Gasteiger partial charge in [0.05, 0.1) is 12.7 Å². The van der Waals surface area contributed by atoms with Crippen molar-refractivity contribution >= 4 is 0 Å². The van der Waals surface area contributed by atoms with Gasteiger partial charge in [-0.05, 0) is 31.0 Å². The molecule has 0 bridgehead atoms. The zero-order chi connectivity index (χ0) is 11.5. The van der Waals surface area contributed by atoms with Crippen LogP contribution in [0, 0.1) is 0 Å². The van der Waals surface area contributed by atoms with E-state index in [2.05, 4.69) is 24.4 Å². The van der Waals surface area contributed by atoms with Gasteiger partial charge in [0.2, 0.25) is 0 Å². The van der Waals surface area contributed by atoms with Crippen molar-refractivity contribution in [2.45, 2.75) is 32.4 Å². The molecule has 1 heterocycles. The first-order valence-electron chi connectivity index (χ1n) is 5.84. The fourth-order valence-corrected chi connectivity index (χ4v) is 1.94. The second-order valence-corrected chi connectivity index (χ2v) is 4.44. The second-order valence-electron chi connectivity index (χ2n) is 4.44. The van der Waals surface area contributed by atoms with Crippen LogP contribution in [0.1, 0.15) is 31.0 Å². The summed E-state index contributed by atoms with van der Waals surface area (Å²) < 4.78 is 5.47. The number of aliphatic hydroxyl groups is 1. The highest BCUT2D eigenvalue weighted by atomic mass is 16.5. The molecule has 2 atom stereocenters. The Morgan fingerprint density at radius 3 is 3.00 bits per heavy atom. The predicted molar refractivity (Wildman–Crippen MR) is 63.7 cm³/mol. The van der Waals surface area contributed by atoms with Crippen molar-refractivity contribution in [1.29, 1.82) is 0 Å². The van der Waals surface area contributed by atoms with Crippen LogP contribution >= 0.6 is 0 Å². The van der Waals surface area contributed by atoms with E-state index in [1.165, 1.54) is 11.1 Å². The summed E-state index contributed by atoms with van der Waals surface area (Å²) in [7, 11) is 0. The number of benzene rings is 1. The highest BCUT2D eigenvalue weighted by Crippen LogP contribution is 2.27. The van der Waals surface area contributed by atoms with Crippen LogP contribution in [0.3, 0.4) is 0 Å². The molecular formula is C13H19NO2. The standard InChI is InChI=1S/C13H19NO2/c1-9(15)8-14-10(2)11-3-4-13-12(7-11)5-6-16-13/h3-4,7,9-10,14-15H,5-6,8H2,1-2H3/t9-,10?/m0/s1. The Hall–Kier alpha value is -1.06. The minimum atomic E-state index is -0.305. The third-order valence-corrected chi connectivity index (χ3v) is 2.93. The number of aliphatic hydroxyl groups excluding tert-OH is 1. The van der Waals surface area contributed by atoms with Crippen LogP contribution in [0.4, 0.5) is 0 Å². The maximum absolute atomic E-state index is 9.22. The molecule has 0 spiro atoms. The number of hydrogen-bond acceptors (Lipinski definition) is 3. The Labute approximate surface area is 96.4 Å². The molecule has 3 heteroatoms. The first-order valence-corrected chi connectivity index (χ1v) is 5.84. The summed E-state index contributed by atoms with van der Waals surface area (Å²) in [5.74, 6) is 1.02. The fourth-order valence-electron chi connectivity index (χ4n) is 1.94. The number of rotatable bonds is 4. The third kappa shape index (κ3) is 2.54. The normalized spacial score (nSPS) is 17.7. The van der Waals surface area contributed by atoms with Crippen LogP contribution in [0.15, 0.2) is 18.2 Å². The van der Waals surface area contributed by atoms with E-state index in [1.807, 2.05) is 6.07 Å². The maximum atomic E-state index is 9.22. The molecule has 1 aromatic carbocycles. The molecule has 2 N–H and O–H groups in total. The fraction of sp³-hybridized carbons (Fsp3) is 0.538. The van der Waals surface area contributed by atoms with Crippen molar-refractivity contribution in [2.24, 2.45) is 0 Å². The van der Waals surface area contributed by atoms with Crippen molar-refractivity contribution in [3.05, 3.63) is 29.3 Å². The van der Waals surface area contributed by atoms with E-state index in [-0.39, 0.29) is 12.1 Å². The smallest absolute Gasteiger partial charge is 0.122 e. The van der Waals surface area contributed by atoms with Crippen LogP contribution in [-0.2, 0) is 6.42 Å². The Balaban J connectivity index is 2.03. The van der Waals surface area contributed by atoms with Crippen LogP contribution in [-0.4, -0.2) is 24.4 Å². The summed E-state index contributed by atoms with van der Waals surface area (Å²) in [4.78, 5) is 0. The van der Waals surface area contributed by atoms with Gasteiger partial charge in [-0.15, -0.1) is 0 Å². The SMILES string of the molecule is CC(NC[C@H](C)O)c1ccc2c(c1)CCO2. The monoisotopic (exact) mass is 221 g/mol. The van der Waals surface area contributed by atoms with Gasteiger partial charge in [-0.1, -0.05) is 12.1 Å². The van der Waals surface area contributed by atoms with Crippen molar-refractivity contribution in [1.82, 2.24) is 5.32 Å². The van der Waals surface area contributed by atoms with Gasteiger partial charge in [0, 0.05) is 19.0 Å². The Bertz CT molecular complexity index is 363. The van der Waals surface area contributed by atoms with Gasteiger partial charge in [-0.2, -0.15) is 0 Å². The zero-order valence-corrected chi connectivity index (χ0v) is 9.86. The molecule has 0 radical (unpaired) electrons. The second kappa shape index (κ2) is 4.85. The van der Waals surface area contributed by atoms with E-state index in [0.29, 0.717) is 6.54 Å². The van der Waals surface area contributed by atoms with Crippen molar-refractivity contribution in [2.75, 3.05) is 13.2 Å². The van der Waals surface area contributed by atoms with Gasteiger partial charge in [0.1, 0.15) is 5.75 Å². The minimum absolute atomic E-state index is 0.264. The molecule has 88 valence electrons. The quantitative estimate of drug-likeness (QED) is 0.812. The largest absolute Gasteiger partial charge is 0.493 e. The van der Waals surface area contributed by atoms with E-state index in [1.54, 1.807) is 6.92 Å². The van der Waals surface area contributed by atoms with E-state index in [4.69, 9.17) is 4.74 Å². The molecule has 1 aliphatic heterocycles. The zero-order valence-electron chi connectivity index (χ0n) is 9.86. The van der Waals surface area contributed by atoms with Gasteiger partial charge < -0.3 is 15.2 Å². The summed E-state index contributed by atoms with van der Waals surface area (Å²) >= 11 is 0. The van der Waals surface area contributed by atoms with Gasteiger partial charge in [0.15, 0.2) is 0 Å². The van der Waals surface area contributed by atoms with Gasteiger partial charge in [-0.25, -0.2) is 0 Å². The maximum Gasteiger partial charge on any atom is 0.122 e. The summed E-state index contributed by atoms with van der Waals surface area (Å²) in [5, 5.41) is 12.5. The topological polar surface area (TPSA) is 41.5 Å². The van der Waals surface area contributed by atoms with E-state index < -0.39 is 0 Å². The molecular weight excluding hydrogens is 202 g/mol. The Morgan fingerprint density at radius 2 is 2.25 bits per heavy atom. The van der Waals surface area contributed by atoms with Gasteiger partial charge in [-0.3, -0.25) is 0 Å². The van der Waals surface area contributed by atoms with Crippen LogP contribution in [0.5, 0.6) is 5.75 Å². The number of fused-ring (bicyclic) bond motifs is 1. The molecule has 1 aliphatic rings. The van der Waals surface area contributed by atoms with Crippen LogP contribution < -0.4 is 10.1 Å². The molecule has 16 heavy (non-hydrogen) atoms. The lowest BCUT2D eigenvalue weighted by Gasteiger charge is -2.16. The summed E-state index contributed by atoms with van der Waals surface area (Å²) in [6, 6.07) is 6.59. The lowest BCUT2D eigenvalue weighted by molar-refractivity contribution is 0.187. The van der Waals surface area contributed by atoms with Gasteiger partial charge >= 0.3 is 0 Å². The predicted octanol–water partition coefficient (Wildman–Crippen LogP) is 1.65. The lowest BCUT2D eigenvalue weighted by atomic mass is 10.0. The summed E-state index contributed by atoms with van der Waals surface area (Å²) in [6.45, 7) is 5.32. The van der Waals surface area contributed by atoms with Crippen molar-refractivity contribution < 1.29 is 9.84 Å². The molecule has 0 aliphatic carbocycles. The summed E-state index contributed by atoms with van der Waals surface area (Å²) in [6.07, 6.45) is 0.701. The summed E-state index contributed by atoms with van der Waals surface area (Å²) in [5.41, 5.74) is 2.55. The van der Waals surface area contributed by atoms with Crippen molar-refractivity contribution in [3.8, 4) is 5.75 Å². The molecule has 1 unspecified atom stereocenters. The number of hydrogen-bond donors (Lipinski definition) is 2. The van der Waals surface area contributed by atoms with Crippen LogP contribution in [0.25, 0.3) is 0 Å².